The van der Waals surface area contributed by atoms with Gasteiger partial charge in [-0.25, -0.2) is 8.78 Å². The summed E-state index contributed by atoms with van der Waals surface area (Å²) < 4.78 is 44.9. The van der Waals surface area contributed by atoms with Crippen molar-refractivity contribution in [2.75, 3.05) is 19.8 Å². The maximum absolute atomic E-state index is 13.7. The molecule has 1 saturated heterocycles. The van der Waals surface area contributed by atoms with E-state index in [1.54, 1.807) is 0 Å². The topological polar surface area (TPSA) is 78.8 Å². The molecule has 1 fully saturated rings. The monoisotopic (exact) mass is 305 g/mol. The van der Waals surface area contributed by atoms with Crippen LogP contribution in [0, 0.1) is 17.5 Å². The van der Waals surface area contributed by atoms with E-state index in [4.69, 9.17) is 9.84 Å². The lowest BCUT2D eigenvalue weighted by Gasteiger charge is -2.36. The Kier molecular flexibility index (Phi) is 4.38. The van der Waals surface area contributed by atoms with Crippen molar-refractivity contribution < 1.29 is 32.9 Å². The molecule has 5 nitrogen and oxygen atoms in total. The Labute approximate surface area is 118 Å². The summed E-state index contributed by atoms with van der Waals surface area (Å²) >= 11 is 0. The first-order chi connectivity index (χ1) is 9.90. The van der Waals surface area contributed by atoms with Gasteiger partial charge in [0, 0.05) is 13.2 Å². The number of hydrogen-bond donors (Lipinski definition) is 3. The van der Waals surface area contributed by atoms with Crippen LogP contribution in [0.1, 0.15) is 23.2 Å². The molecule has 116 valence electrons. The minimum Gasteiger partial charge on any atom is -0.503 e. The number of benzene rings is 1. The Bertz CT molecular complexity index is 559. The molecule has 1 heterocycles. The van der Waals surface area contributed by atoms with Gasteiger partial charge in [0.15, 0.2) is 17.4 Å². The zero-order chi connectivity index (χ0) is 15.6. The molecule has 21 heavy (non-hydrogen) atoms. The van der Waals surface area contributed by atoms with E-state index in [0.29, 0.717) is 32.1 Å². The van der Waals surface area contributed by atoms with E-state index in [9.17, 15) is 23.1 Å². The zero-order valence-electron chi connectivity index (χ0n) is 11.0. The molecular formula is C13H14F3NO4. The van der Waals surface area contributed by atoms with E-state index in [1.807, 2.05) is 0 Å². The van der Waals surface area contributed by atoms with Crippen molar-refractivity contribution >= 4 is 5.91 Å². The van der Waals surface area contributed by atoms with Gasteiger partial charge >= 0.3 is 0 Å². The minimum atomic E-state index is -1.76. The fourth-order valence-electron chi connectivity index (χ4n) is 2.15. The van der Waals surface area contributed by atoms with Crippen LogP contribution in [0.3, 0.4) is 0 Å². The number of phenolic OH excluding ortho intramolecular Hbond substituents is 1. The summed E-state index contributed by atoms with van der Waals surface area (Å²) in [6, 6.07) is 0.365. The number of rotatable bonds is 3. The molecule has 1 aromatic carbocycles. The predicted molar refractivity (Wildman–Crippen MR) is 65.3 cm³/mol. The normalized spacial score (nSPS) is 17.5. The number of aliphatic hydroxyl groups excluding tert-OH is 1. The molecule has 8 heteroatoms. The molecule has 1 aliphatic rings. The predicted octanol–water partition coefficient (Wildman–Crippen LogP) is 1.08. The smallest absolute Gasteiger partial charge is 0.255 e. The number of amides is 1. The molecule has 1 aliphatic heterocycles. The molecule has 0 aliphatic carbocycles. The number of aromatic hydroxyl groups is 1. The first-order valence-electron chi connectivity index (χ1n) is 6.28. The molecule has 0 saturated carbocycles. The summed E-state index contributed by atoms with van der Waals surface area (Å²) in [7, 11) is 0. The van der Waals surface area contributed by atoms with Crippen LogP contribution in [0.5, 0.6) is 5.75 Å². The average Bonchev–Trinajstić information content (AvgIpc) is 2.49. The highest BCUT2D eigenvalue weighted by Gasteiger charge is 2.35. The van der Waals surface area contributed by atoms with Gasteiger partial charge in [-0.05, 0) is 18.9 Å². The van der Waals surface area contributed by atoms with Crippen molar-refractivity contribution in [3.63, 3.8) is 0 Å². The molecule has 2 rings (SSSR count). The third kappa shape index (κ3) is 2.96. The molecule has 0 bridgehead atoms. The van der Waals surface area contributed by atoms with Gasteiger partial charge in [0.1, 0.15) is 0 Å². The van der Waals surface area contributed by atoms with Crippen LogP contribution >= 0.6 is 0 Å². The molecule has 0 spiro atoms. The van der Waals surface area contributed by atoms with Crippen molar-refractivity contribution in [1.29, 1.82) is 0 Å². The molecular weight excluding hydrogens is 291 g/mol. The lowest BCUT2D eigenvalue weighted by atomic mass is 9.90. The highest BCUT2D eigenvalue weighted by atomic mass is 19.2. The fraction of sp³-hybridized carbons (Fsp3) is 0.462. The Morgan fingerprint density at radius 3 is 2.48 bits per heavy atom. The standard InChI is InChI=1S/C13H14F3NO4/c14-8-5-7(9(15)11(19)10(8)16)12(20)17-13(6-18)1-3-21-4-2-13/h5,18-19H,1-4,6H2,(H,17,20). The highest BCUT2D eigenvalue weighted by molar-refractivity contribution is 5.95. The van der Waals surface area contributed by atoms with E-state index < -0.39 is 46.8 Å². The largest absolute Gasteiger partial charge is 0.503 e. The summed E-state index contributed by atoms with van der Waals surface area (Å²) in [4.78, 5) is 12.0. The Morgan fingerprint density at radius 1 is 1.29 bits per heavy atom. The van der Waals surface area contributed by atoms with Crippen LogP contribution in [0.4, 0.5) is 13.2 Å². The van der Waals surface area contributed by atoms with Crippen molar-refractivity contribution in [2.45, 2.75) is 18.4 Å². The summed E-state index contributed by atoms with van der Waals surface area (Å²) in [5.41, 5.74) is -1.84. The van der Waals surface area contributed by atoms with Gasteiger partial charge in [-0.3, -0.25) is 4.79 Å². The minimum absolute atomic E-state index is 0.298. The molecule has 0 aromatic heterocycles. The summed E-state index contributed by atoms with van der Waals surface area (Å²) in [5, 5.41) is 20.9. The van der Waals surface area contributed by atoms with Crippen molar-refractivity contribution in [2.24, 2.45) is 0 Å². The van der Waals surface area contributed by atoms with Crippen LogP contribution in [0.15, 0.2) is 6.07 Å². The number of aliphatic hydroxyl groups is 1. The Hall–Kier alpha value is -1.80. The fourth-order valence-corrected chi connectivity index (χ4v) is 2.15. The number of ether oxygens (including phenoxy) is 1. The van der Waals surface area contributed by atoms with Crippen molar-refractivity contribution in [3.05, 3.63) is 29.1 Å². The maximum Gasteiger partial charge on any atom is 0.255 e. The summed E-state index contributed by atoms with van der Waals surface area (Å²) in [5.74, 6) is -7.44. The van der Waals surface area contributed by atoms with Gasteiger partial charge in [-0.1, -0.05) is 0 Å². The summed E-state index contributed by atoms with van der Waals surface area (Å²) in [6.07, 6.45) is 0.596. The Balaban J connectivity index is 2.28. The van der Waals surface area contributed by atoms with Gasteiger partial charge in [0.05, 0.1) is 17.7 Å². The van der Waals surface area contributed by atoms with Gasteiger partial charge < -0.3 is 20.3 Å². The van der Waals surface area contributed by atoms with Crippen molar-refractivity contribution in [1.82, 2.24) is 5.32 Å². The second kappa shape index (κ2) is 5.90. The number of halogens is 3. The van der Waals surface area contributed by atoms with Gasteiger partial charge in [-0.15, -0.1) is 0 Å². The molecule has 3 N–H and O–H groups in total. The Morgan fingerprint density at radius 2 is 1.90 bits per heavy atom. The van der Waals surface area contributed by atoms with Crippen LogP contribution < -0.4 is 5.32 Å². The quantitative estimate of drug-likeness (QED) is 0.730. The number of phenols is 1. The molecule has 0 unspecified atom stereocenters. The zero-order valence-corrected chi connectivity index (χ0v) is 11.0. The molecule has 1 amide bonds. The van der Waals surface area contributed by atoms with Gasteiger partial charge in [0.25, 0.3) is 5.91 Å². The molecule has 0 atom stereocenters. The SMILES string of the molecule is O=C(NC1(CO)CCOCC1)c1cc(F)c(F)c(O)c1F. The summed E-state index contributed by atoms with van der Waals surface area (Å²) in [6.45, 7) is 0.193. The van der Waals surface area contributed by atoms with Crippen LogP contribution in [-0.4, -0.2) is 41.5 Å². The average molecular weight is 305 g/mol. The van der Waals surface area contributed by atoms with Crippen LogP contribution in [0.2, 0.25) is 0 Å². The second-order valence-electron chi connectivity index (χ2n) is 4.89. The van der Waals surface area contributed by atoms with E-state index in [2.05, 4.69) is 5.32 Å². The first-order valence-corrected chi connectivity index (χ1v) is 6.28. The maximum atomic E-state index is 13.7. The first kappa shape index (κ1) is 15.6. The van der Waals surface area contributed by atoms with Crippen molar-refractivity contribution in [3.8, 4) is 5.75 Å². The number of carbonyl (C=O) groups is 1. The highest BCUT2D eigenvalue weighted by Crippen LogP contribution is 2.27. The van der Waals surface area contributed by atoms with Gasteiger partial charge in [0.2, 0.25) is 5.82 Å². The second-order valence-corrected chi connectivity index (χ2v) is 4.89. The van der Waals surface area contributed by atoms with Crippen LogP contribution in [0.25, 0.3) is 0 Å². The van der Waals surface area contributed by atoms with Gasteiger partial charge in [-0.2, -0.15) is 4.39 Å². The number of hydrogen-bond acceptors (Lipinski definition) is 4. The molecule has 0 radical (unpaired) electrons. The van der Waals surface area contributed by atoms with E-state index >= 15 is 0 Å². The van der Waals surface area contributed by atoms with E-state index in [1.165, 1.54) is 0 Å². The lowest BCUT2D eigenvalue weighted by molar-refractivity contribution is 0.0124. The van der Waals surface area contributed by atoms with E-state index in [-0.39, 0.29) is 0 Å². The third-order valence-electron chi connectivity index (χ3n) is 3.51. The number of nitrogens with one attached hydrogen (secondary N) is 1. The third-order valence-corrected chi connectivity index (χ3v) is 3.51. The molecule has 1 aromatic rings. The lowest BCUT2D eigenvalue weighted by Crippen LogP contribution is -2.54. The van der Waals surface area contributed by atoms with E-state index in [0.717, 1.165) is 0 Å². The van der Waals surface area contributed by atoms with Crippen LogP contribution in [-0.2, 0) is 4.74 Å². The number of carbonyl (C=O) groups excluding carboxylic acids is 1.